The SMILES string of the molecule is COCc1cccc(NC(C)c2cc(OC)ccc2O)c1. The van der Waals surface area contributed by atoms with Crippen LogP contribution in [-0.4, -0.2) is 19.3 Å². The van der Waals surface area contributed by atoms with Crippen molar-refractivity contribution in [3.05, 3.63) is 53.6 Å². The molecule has 0 fully saturated rings. The zero-order chi connectivity index (χ0) is 15.2. The molecule has 0 radical (unpaired) electrons. The Morgan fingerprint density at radius 3 is 2.67 bits per heavy atom. The molecule has 2 aromatic carbocycles. The van der Waals surface area contributed by atoms with Crippen molar-refractivity contribution in [1.82, 2.24) is 0 Å². The van der Waals surface area contributed by atoms with E-state index < -0.39 is 0 Å². The molecule has 0 aliphatic carbocycles. The van der Waals surface area contributed by atoms with Gasteiger partial charge in [0.25, 0.3) is 0 Å². The van der Waals surface area contributed by atoms with Crippen LogP contribution in [-0.2, 0) is 11.3 Å². The van der Waals surface area contributed by atoms with Crippen LogP contribution in [0.15, 0.2) is 42.5 Å². The monoisotopic (exact) mass is 287 g/mol. The van der Waals surface area contributed by atoms with E-state index in [4.69, 9.17) is 9.47 Å². The van der Waals surface area contributed by atoms with Gasteiger partial charge in [-0.05, 0) is 42.8 Å². The van der Waals surface area contributed by atoms with E-state index in [1.807, 2.05) is 37.3 Å². The van der Waals surface area contributed by atoms with E-state index in [1.54, 1.807) is 26.4 Å². The first-order valence-corrected chi connectivity index (χ1v) is 6.85. The molecule has 0 bridgehead atoms. The summed E-state index contributed by atoms with van der Waals surface area (Å²) in [5.74, 6) is 0.980. The molecule has 0 amide bonds. The van der Waals surface area contributed by atoms with Crippen molar-refractivity contribution >= 4 is 5.69 Å². The van der Waals surface area contributed by atoms with Crippen LogP contribution in [0.4, 0.5) is 5.69 Å². The highest BCUT2D eigenvalue weighted by Gasteiger charge is 2.11. The van der Waals surface area contributed by atoms with Gasteiger partial charge in [0.05, 0.1) is 19.8 Å². The first kappa shape index (κ1) is 15.2. The third-order valence-corrected chi connectivity index (χ3v) is 3.32. The number of phenolic OH excluding ortho intramolecular Hbond substituents is 1. The number of nitrogens with one attached hydrogen (secondary N) is 1. The first-order chi connectivity index (χ1) is 10.1. The largest absolute Gasteiger partial charge is 0.508 e. The highest BCUT2D eigenvalue weighted by molar-refractivity contribution is 5.50. The number of methoxy groups -OCH3 is 2. The predicted molar refractivity (Wildman–Crippen MR) is 83.9 cm³/mol. The molecule has 21 heavy (non-hydrogen) atoms. The maximum Gasteiger partial charge on any atom is 0.121 e. The van der Waals surface area contributed by atoms with Crippen molar-refractivity contribution in [2.24, 2.45) is 0 Å². The van der Waals surface area contributed by atoms with Crippen LogP contribution in [0.3, 0.4) is 0 Å². The van der Waals surface area contributed by atoms with E-state index in [0.29, 0.717) is 6.61 Å². The maximum absolute atomic E-state index is 10.0. The summed E-state index contributed by atoms with van der Waals surface area (Å²) in [6.07, 6.45) is 0. The molecular formula is C17H21NO3. The van der Waals surface area contributed by atoms with Gasteiger partial charge in [-0.3, -0.25) is 0 Å². The number of benzene rings is 2. The van der Waals surface area contributed by atoms with Crippen LogP contribution in [0.1, 0.15) is 24.1 Å². The van der Waals surface area contributed by atoms with Crippen LogP contribution in [0.2, 0.25) is 0 Å². The quantitative estimate of drug-likeness (QED) is 0.850. The Labute approximate surface area is 125 Å². The maximum atomic E-state index is 10.0. The Morgan fingerprint density at radius 2 is 1.95 bits per heavy atom. The minimum Gasteiger partial charge on any atom is -0.508 e. The lowest BCUT2D eigenvalue weighted by atomic mass is 10.1. The fourth-order valence-corrected chi connectivity index (χ4v) is 2.25. The van der Waals surface area contributed by atoms with Crippen molar-refractivity contribution in [3.63, 3.8) is 0 Å². The van der Waals surface area contributed by atoms with E-state index >= 15 is 0 Å². The van der Waals surface area contributed by atoms with Gasteiger partial charge >= 0.3 is 0 Å². The smallest absolute Gasteiger partial charge is 0.121 e. The van der Waals surface area contributed by atoms with E-state index in [9.17, 15) is 5.11 Å². The van der Waals surface area contributed by atoms with Crippen molar-refractivity contribution in [2.75, 3.05) is 19.5 Å². The number of phenols is 1. The second kappa shape index (κ2) is 6.99. The van der Waals surface area contributed by atoms with Crippen molar-refractivity contribution in [1.29, 1.82) is 0 Å². The van der Waals surface area contributed by atoms with Gasteiger partial charge in [-0.25, -0.2) is 0 Å². The normalized spacial score (nSPS) is 12.0. The molecule has 2 N–H and O–H groups in total. The Morgan fingerprint density at radius 1 is 1.14 bits per heavy atom. The molecule has 2 rings (SSSR count). The van der Waals surface area contributed by atoms with Crippen LogP contribution >= 0.6 is 0 Å². The summed E-state index contributed by atoms with van der Waals surface area (Å²) in [6.45, 7) is 2.58. The molecule has 4 nitrogen and oxygen atoms in total. The summed E-state index contributed by atoms with van der Waals surface area (Å²) >= 11 is 0. The van der Waals surface area contributed by atoms with Crippen molar-refractivity contribution < 1.29 is 14.6 Å². The number of hydrogen-bond donors (Lipinski definition) is 2. The van der Waals surface area contributed by atoms with Gasteiger partial charge < -0.3 is 19.9 Å². The number of hydrogen-bond acceptors (Lipinski definition) is 4. The van der Waals surface area contributed by atoms with Crippen molar-refractivity contribution in [3.8, 4) is 11.5 Å². The molecule has 1 atom stereocenters. The fourth-order valence-electron chi connectivity index (χ4n) is 2.25. The van der Waals surface area contributed by atoms with Gasteiger partial charge in [0.2, 0.25) is 0 Å². The van der Waals surface area contributed by atoms with E-state index in [-0.39, 0.29) is 11.8 Å². The lowest BCUT2D eigenvalue weighted by Gasteiger charge is -2.18. The number of rotatable bonds is 6. The van der Waals surface area contributed by atoms with Crippen LogP contribution in [0, 0.1) is 0 Å². The van der Waals surface area contributed by atoms with E-state index in [2.05, 4.69) is 5.32 Å². The topological polar surface area (TPSA) is 50.7 Å². The molecule has 0 heterocycles. The summed E-state index contributed by atoms with van der Waals surface area (Å²) in [7, 11) is 3.29. The van der Waals surface area contributed by atoms with Gasteiger partial charge in [-0.2, -0.15) is 0 Å². The standard InChI is InChI=1S/C17H21NO3/c1-12(16-10-15(21-3)7-8-17(16)19)18-14-6-4-5-13(9-14)11-20-2/h4-10,12,18-19H,11H2,1-3H3. The Balaban J connectivity index is 2.17. The Kier molecular flexibility index (Phi) is 5.06. The predicted octanol–water partition coefficient (Wildman–Crippen LogP) is 3.72. The third kappa shape index (κ3) is 3.89. The molecule has 0 aromatic heterocycles. The molecule has 0 saturated carbocycles. The molecule has 0 aliphatic heterocycles. The lowest BCUT2D eigenvalue weighted by molar-refractivity contribution is 0.185. The molecular weight excluding hydrogens is 266 g/mol. The zero-order valence-corrected chi connectivity index (χ0v) is 12.6. The van der Waals surface area contributed by atoms with E-state index in [1.165, 1.54) is 0 Å². The molecule has 112 valence electrons. The van der Waals surface area contributed by atoms with Crippen LogP contribution in [0.25, 0.3) is 0 Å². The van der Waals surface area contributed by atoms with Gasteiger partial charge in [0, 0.05) is 18.4 Å². The summed E-state index contributed by atoms with van der Waals surface area (Å²) in [4.78, 5) is 0. The average Bonchev–Trinajstić information content (AvgIpc) is 2.48. The molecule has 0 saturated heterocycles. The summed E-state index contributed by atoms with van der Waals surface area (Å²) in [5, 5.41) is 13.4. The Hall–Kier alpha value is -2.20. The highest BCUT2D eigenvalue weighted by atomic mass is 16.5. The number of ether oxygens (including phenoxy) is 2. The molecule has 1 unspecified atom stereocenters. The minimum absolute atomic E-state index is 0.0436. The van der Waals surface area contributed by atoms with Crippen LogP contribution < -0.4 is 10.1 Å². The highest BCUT2D eigenvalue weighted by Crippen LogP contribution is 2.30. The van der Waals surface area contributed by atoms with Gasteiger partial charge in [0.1, 0.15) is 11.5 Å². The van der Waals surface area contributed by atoms with E-state index in [0.717, 1.165) is 22.6 Å². The van der Waals surface area contributed by atoms with Crippen LogP contribution in [0.5, 0.6) is 11.5 Å². The Bertz CT molecular complexity index is 598. The van der Waals surface area contributed by atoms with Gasteiger partial charge in [-0.1, -0.05) is 12.1 Å². The summed E-state index contributed by atoms with van der Waals surface area (Å²) in [5.41, 5.74) is 2.88. The molecule has 0 spiro atoms. The molecule has 0 aliphatic rings. The fraction of sp³-hybridized carbons (Fsp3) is 0.294. The lowest BCUT2D eigenvalue weighted by Crippen LogP contribution is -2.07. The average molecular weight is 287 g/mol. The molecule has 4 heteroatoms. The zero-order valence-electron chi connectivity index (χ0n) is 12.6. The minimum atomic E-state index is -0.0436. The van der Waals surface area contributed by atoms with Gasteiger partial charge in [-0.15, -0.1) is 0 Å². The number of aromatic hydroxyl groups is 1. The number of anilines is 1. The third-order valence-electron chi connectivity index (χ3n) is 3.32. The second-order valence-electron chi connectivity index (χ2n) is 4.92. The van der Waals surface area contributed by atoms with Crippen molar-refractivity contribution in [2.45, 2.75) is 19.6 Å². The first-order valence-electron chi connectivity index (χ1n) is 6.85. The second-order valence-corrected chi connectivity index (χ2v) is 4.92. The van der Waals surface area contributed by atoms with Gasteiger partial charge in [0.15, 0.2) is 0 Å². The summed E-state index contributed by atoms with van der Waals surface area (Å²) < 4.78 is 10.3. The molecule has 2 aromatic rings. The summed E-state index contributed by atoms with van der Waals surface area (Å²) in [6, 6.07) is 13.2.